The molecule has 0 bridgehead atoms. The first kappa shape index (κ1) is 16.8. The van der Waals surface area contributed by atoms with Crippen molar-refractivity contribution < 1.29 is 9.47 Å². The van der Waals surface area contributed by atoms with E-state index in [1.54, 1.807) is 20.4 Å². The summed E-state index contributed by atoms with van der Waals surface area (Å²) < 4.78 is 10.7. The number of anilines is 2. The summed E-state index contributed by atoms with van der Waals surface area (Å²) in [4.78, 5) is 13.8. The van der Waals surface area contributed by atoms with E-state index in [4.69, 9.17) is 19.4 Å². The minimum absolute atomic E-state index is 0.578. The molecule has 0 amide bonds. The first-order valence-electron chi connectivity index (χ1n) is 8.45. The van der Waals surface area contributed by atoms with Crippen LogP contribution in [-0.2, 0) is 0 Å². The largest absolute Gasteiger partial charge is 0.497 e. The van der Waals surface area contributed by atoms with Crippen molar-refractivity contribution in [3.8, 4) is 22.8 Å². The third-order valence-corrected chi connectivity index (χ3v) is 4.10. The predicted octanol–water partition coefficient (Wildman–Crippen LogP) is 4.45. The second-order valence-electron chi connectivity index (χ2n) is 5.86. The molecule has 2 heterocycles. The van der Waals surface area contributed by atoms with Gasteiger partial charge in [0.2, 0.25) is 0 Å². The molecule has 27 heavy (non-hydrogen) atoms. The number of fused-ring (bicyclic) bond motifs is 1. The number of hydrogen-bond donors (Lipinski definition) is 1. The first-order chi connectivity index (χ1) is 13.3. The van der Waals surface area contributed by atoms with Crippen LogP contribution in [0.4, 0.5) is 11.5 Å². The Bertz CT molecular complexity index is 1060. The molecule has 0 radical (unpaired) electrons. The van der Waals surface area contributed by atoms with E-state index in [9.17, 15) is 0 Å². The molecule has 4 rings (SSSR count). The monoisotopic (exact) mass is 358 g/mol. The lowest BCUT2D eigenvalue weighted by Gasteiger charge is -2.13. The van der Waals surface area contributed by atoms with Gasteiger partial charge in [-0.1, -0.05) is 30.3 Å². The van der Waals surface area contributed by atoms with Crippen LogP contribution in [0.15, 0.2) is 66.9 Å². The van der Waals surface area contributed by atoms with E-state index in [1.807, 2.05) is 60.7 Å². The number of rotatable bonds is 5. The second-order valence-corrected chi connectivity index (χ2v) is 5.86. The van der Waals surface area contributed by atoms with Gasteiger partial charge in [0.25, 0.3) is 0 Å². The Morgan fingerprint density at radius 2 is 1.56 bits per heavy atom. The summed E-state index contributed by atoms with van der Waals surface area (Å²) in [6.07, 6.45) is 1.71. The molecule has 6 heteroatoms. The van der Waals surface area contributed by atoms with Crippen molar-refractivity contribution in [2.75, 3.05) is 19.5 Å². The number of benzene rings is 2. The average Bonchev–Trinajstić information content (AvgIpc) is 2.73. The van der Waals surface area contributed by atoms with Crippen molar-refractivity contribution in [3.63, 3.8) is 0 Å². The highest BCUT2D eigenvalue weighted by molar-refractivity contribution is 5.83. The molecule has 1 N–H and O–H groups in total. The van der Waals surface area contributed by atoms with Gasteiger partial charge in [0.15, 0.2) is 11.5 Å². The molecule has 134 valence electrons. The van der Waals surface area contributed by atoms with Gasteiger partial charge in [0, 0.05) is 35.6 Å². The fraction of sp³-hybridized carbons (Fsp3) is 0.0952. The van der Waals surface area contributed by atoms with E-state index in [-0.39, 0.29) is 0 Å². The Balaban J connectivity index is 1.85. The number of methoxy groups -OCH3 is 2. The molecular formula is C21H18N4O2. The number of aromatic nitrogens is 3. The van der Waals surface area contributed by atoms with Crippen molar-refractivity contribution in [1.29, 1.82) is 0 Å². The molecule has 4 aromatic rings. The normalized spacial score (nSPS) is 10.6. The smallest absolute Gasteiger partial charge is 0.180 e. The Morgan fingerprint density at radius 1 is 0.815 bits per heavy atom. The molecular weight excluding hydrogens is 340 g/mol. The first-order valence-corrected chi connectivity index (χ1v) is 8.45. The van der Waals surface area contributed by atoms with Gasteiger partial charge in [-0.25, -0.2) is 15.0 Å². The fourth-order valence-electron chi connectivity index (χ4n) is 2.79. The Hall–Kier alpha value is -3.67. The topological polar surface area (TPSA) is 69.2 Å². The summed E-state index contributed by atoms with van der Waals surface area (Å²) in [5, 5.41) is 3.34. The van der Waals surface area contributed by atoms with Crippen LogP contribution >= 0.6 is 0 Å². The Kier molecular flexibility index (Phi) is 4.53. The molecule has 0 fully saturated rings. The molecule has 0 aliphatic carbocycles. The van der Waals surface area contributed by atoms with Crippen molar-refractivity contribution in [3.05, 3.63) is 66.9 Å². The molecule has 0 aliphatic heterocycles. The van der Waals surface area contributed by atoms with E-state index in [1.165, 1.54) is 0 Å². The lowest BCUT2D eigenvalue weighted by atomic mass is 10.1. The van der Waals surface area contributed by atoms with Crippen LogP contribution in [0.25, 0.3) is 22.4 Å². The number of nitrogens with one attached hydrogen (secondary N) is 1. The molecule has 2 aromatic carbocycles. The molecule has 0 saturated carbocycles. The average molecular weight is 358 g/mol. The molecule has 6 nitrogen and oxygen atoms in total. The summed E-state index contributed by atoms with van der Waals surface area (Å²) in [6.45, 7) is 0. The number of nitrogens with zero attached hydrogens (tertiary/aromatic N) is 3. The van der Waals surface area contributed by atoms with Crippen LogP contribution in [0.3, 0.4) is 0 Å². The van der Waals surface area contributed by atoms with Crippen LogP contribution in [-0.4, -0.2) is 29.2 Å². The molecule has 0 unspecified atom stereocenters. The van der Waals surface area contributed by atoms with Gasteiger partial charge in [0.1, 0.15) is 22.7 Å². The van der Waals surface area contributed by atoms with E-state index in [0.717, 1.165) is 22.5 Å². The zero-order valence-corrected chi connectivity index (χ0v) is 15.0. The van der Waals surface area contributed by atoms with Gasteiger partial charge < -0.3 is 14.8 Å². The van der Waals surface area contributed by atoms with Crippen LogP contribution in [0.1, 0.15) is 0 Å². The minimum Gasteiger partial charge on any atom is -0.497 e. The molecule has 0 spiro atoms. The highest BCUT2D eigenvalue weighted by Crippen LogP contribution is 2.32. The van der Waals surface area contributed by atoms with E-state index in [0.29, 0.717) is 23.0 Å². The van der Waals surface area contributed by atoms with Crippen LogP contribution < -0.4 is 14.8 Å². The molecule has 0 aliphatic rings. The summed E-state index contributed by atoms with van der Waals surface area (Å²) in [6, 6.07) is 19.3. The fourth-order valence-corrected chi connectivity index (χ4v) is 2.79. The Labute approximate surface area is 156 Å². The van der Waals surface area contributed by atoms with Crippen LogP contribution in [0.2, 0.25) is 0 Å². The zero-order chi connectivity index (χ0) is 18.6. The number of hydrogen-bond acceptors (Lipinski definition) is 6. The summed E-state index contributed by atoms with van der Waals surface area (Å²) in [5.41, 5.74) is 3.82. The number of ether oxygens (including phenoxy) is 2. The number of pyridine rings is 1. The van der Waals surface area contributed by atoms with Gasteiger partial charge in [-0.05, 0) is 12.1 Å². The minimum atomic E-state index is 0.578. The summed E-state index contributed by atoms with van der Waals surface area (Å²) >= 11 is 0. The van der Waals surface area contributed by atoms with E-state index in [2.05, 4.69) is 10.3 Å². The van der Waals surface area contributed by atoms with Crippen molar-refractivity contribution in [2.45, 2.75) is 0 Å². The van der Waals surface area contributed by atoms with Gasteiger partial charge in [-0.15, -0.1) is 0 Å². The summed E-state index contributed by atoms with van der Waals surface area (Å²) in [5.74, 6) is 1.98. The van der Waals surface area contributed by atoms with Crippen LogP contribution in [0.5, 0.6) is 11.5 Å². The van der Waals surface area contributed by atoms with Crippen molar-refractivity contribution in [1.82, 2.24) is 15.0 Å². The Morgan fingerprint density at radius 3 is 2.26 bits per heavy atom. The molecule has 2 aromatic heterocycles. The lowest BCUT2D eigenvalue weighted by Crippen LogP contribution is -2.01. The van der Waals surface area contributed by atoms with Gasteiger partial charge in [-0.3, -0.25) is 0 Å². The maximum atomic E-state index is 5.35. The molecule has 0 saturated heterocycles. The third kappa shape index (κ3) is 3.50. The second kappa shape index (κ2) is 7.29. The predicted molar refractivity (Wildman–Crippen MR) is 106 cm³/mol. The van der Waals surface area contributed by atoms with E-state index < -0.39 is 0 Å². The van der Waals surface area contributed by atoms with Crippen molar-refractivity contribution in [2.24, 2.45) is 0 Å². The van der Waals surface area contributed by atoms with Crippen LogP contribution in [0, 0.1) is 0 Å². The SMILES string of the molecule is COc1cc(Nc2nc3ncccc3nc2-c2ccccc2)cc(OC)c1. The van der Waals surface area contributed by atoms with Gasteiger partial charge in [0.05, 0.1) is 14.2 Å². The standard InChI is InChI=1S/C21H18N4O2/c1-26-16-11-15(12-17(13-16)27-2)23-21-19(14-7-4-3-5-8-14)24-18-9-6-10-22-20(18)25-21/h3-13H,1-2H3,(H,22,23,25). The van der Waals surface area contributed by atoms with Gasteiger partial charge in [-0.2, -0.15) is 0 Å². The highest BCUT2D eigenvalue weighted by Gasteiger charge is 2.13. The zero-order valence-electron chi connectivity index (χ0n) is 15.0. The maximum Gasteiger partial charge on any atom is 0.180 e. The highest BCUT2D eigenvalue weighted by atomic mass is 16.5. The maximum absolute atomic E-state index is 5.35. The quantitative estimate of drug-likeness (QED) is 0.568. The van der Waals surface area contributed by atoms with Crippen molar-refractivity contribution >= 4 is 22.7 Å². The van der Waals surface area contributed by atoms with E-state index >= 15 is 0 Å². The van der Waals surface area contributed by atoms with Gasteiger partial charge >= 0.3 is 0 Å². The summed E-state index contributed by atoms with van der Waals surface area (Å²) in [7, 11) is 3.24. The third-order valence-electron chi connectivity index (χ3n) is 4.10. The lowest BCUT2D eigenvalue weighted by molar-refractivity contribution is 0.395. The molecule has 0 atom stereocenters.